The van der Waals surface area contributed by atoms with Crippen LogP contribution >= 0.6 is 0 Å². The van der Waals surface area contributed by atoms with E-state index in [-0.39, 0.29) is 24.8 Å². The van der Waals surface area contributed by atoms with Gasteiger partial charge in [-0.15, -0.1) is 10.2 Å². The van der Waals surface area contributed by atoms with E-state index >= 15 is 0 Å². The molecule has 9 nitrogen and oxygen atoms in total. The summed E-state index contributed by atoms with van der Waals surface area (Å²) in [6.45, 7) is 4.26. The number of aromatic nitrogens is 3. The zero-order valence-corrected chi connectivity index (χ0v) is 17.3. The van der Waals surface area contributed by atoms with Crippen LogP contribution in [-0.2, 0) is 22.6 Å². The summed E-state index contributed by atoms with van der Waals surface area (Å²) in [7, 11) is 0. The second kappa shape index (κ2) is 7.89. The number of imide groups is 1. The van der Waals surface area contributed by atoms with Gasteiger partial charge >= 0.3 is 6.03 Å². The first-order chi connectivity index (χ1) is 14.3. The average molecular weight is 410 g/mol. The predicted molar refractivity (Wildman–Crippen MR) is 111 cm³/mol. The van der Waals surface area contributed by atoms with Gasteiger partial charge in [-0.1, -0.05) is 6.42 Å². The quantitative estimate of drug-likeness (QED) is 0.736. The summed E-state index contributed by atoms with van der Waals surface area (Å²) in [6.07, 6.45) is 4.46. The Labute approximate surface area is 174 Å². The molecule has 30 heavy (non-hydrogen) atoms. The highest BCUT2D eigenvalue weighted by molar-refractivity contribution is 6.06. The minimum Gasteiger partial charge on any atom is -0.326 e. The van der Waals surface area contributed by atoms with Crippen LogP contribution in [0.25, 0.3) is 11.4 Å². The summed E-state index contributed by atoms with van der Waals surface area (Å²) in [6, 6.07) is 7.01. The number of rotatable bonds is 5. The monoisotopic (exact) mass is 410 g/mol. The number of hydrogen-bond acceptors (Lipinski definition) is 5. The molecule has 0 bridgehead atoms. The van der Waals surface area contributed by atoms with Gasteiger partial charge < -0.3 is 15.2 Å². The number of nitrogens with zero attached hydrogens (tertiary/aromatic N) is 4. The lowest BCUT2D eigenvalue weighted by atomic mass is 10.1. The molecule has 9 heteroatoms. The number of urea groups is 1. The summed E-state index contributed by atoms with van der Waals surface area (Å²) < 4.78 is 2.18. The number of aryl methyl sites for hydroxylation is 1. The number of amides is 4. The number of nitrogens with one attached hydrogen (secondary N) is 2. The first-order valence-electron chi connectivity index (χ1n) is 10.3. The van der Waals surface area contributed by atoms with Gasteiger partial charge in [0.05, 0.1) is 0 Å². The van der Waals surface area contributed by atoms with Crippen molar-refractivity contribution in [3.63, 3.8) is 0 Å². The van der Waals surface area contributed by atoms with Crippen LogP contribution in [-0.4, -0.2) is 49.6 Å². The van der Waals surface area contributed by atoms with Crippen molar-refractivity contribution in [3.8, 4) is 11.4 Å². The molecule has 1 aromatic carbocycles. The van der Waals surface area contributed by atoms with Crippen LogP contribution < -0.4 is 10.6 Å². The Balaban J connectivity index is 1.36. The lowest BCUT2D eigenvalue weighted by molar-refractivity contribution is -0.130. The van der Waals surface area contributed by atoms with E-state index < -0.39 is 11.6 Å². The lowest BCUT2D eigenvalue weighted by Gasteiger charge is -2.15. The SMILES string of the molecule is CC1(C)NC(=O)N(CCC(=O)Nc2ccc(-c3nnc4n3CCCCC4)cc2)C1=O. The van der Waals surface area contributed by atoms with Crippen LogP contribution in [0.2, 0.25) is 0 Å². The number of carbonyl (C=O) groups excluding carboxylic acids is 3. The second-order valence-corrected chi connectivity index (χ2v) is 8.29. The number of anilines is 1. The molecule has 1 fully saturated rings. The second-order valence-electron chi connectivity index (χ2n) is 8.29. The molecule has 2 aliphatic heterocycles. The maximum absolute atomic E-state index is 12.3. The maximum atomic E-state index is 12.3. The van der Waals surface area contributed by atoms with Gasteiger partial charge in [-0.25, -0.2) is 4.79 Å². The van der Waals surface area contributed by atoms with E-state index in [1.807, 2.05) is 24.3 Å². The van der Waals surface area contributed by atoms with Gasteiger partial charge in [0, 0.05) is 37.2 Å². The molecule has 0 aliphatic carbocycles. The van der Waals surface area contributed by atoms with E-state index in [9.17, 15) is 14.4 Å². The van der Waals surface area contributed by atoms with Crippen molar-refractivity contribution in [2.45, 2.75) is 58.0 Å². The third kappa shape index (κ3) is 3.92. The van der Waals surface area contributed by atoms with Gasteiger partial charge in [0.2, 0.25) is 5.91 Å². The largest absolute Gasteiger partial charge is 0.326 e. The van der Waals surface area contributed by atoms with Crippen LogP contribution in [0.5, 0.6) is 0 Å². The van der Waals surface area contributed by atoms with Gasteiger partial charge in [0.1, 0.15) is 11.4 Å². The minimum absolute atomic E-state index is 0.0364. The van der Waals surface area contributed by atoms with Gasteiger partial charge in [0.25, 0.3) is 5.91 Å². The van der Waals surface area contributed by atoms with Crippen LogP contribution in [0.15, 0.2) is 24.3 Å². The average Bonchev–Trinajstić information content (AvgIpc) is 3.07. The van der Waals surface area contributed by atoms with Crippen LogP contribution in [0.1, 0.15) is 45.4 Å². The summed E-state index contributed by atoms with van der Waals surface area (Å²) in [5.74, 6) is 1.30. The topological polar surface area (TPSA) is 109 Å². The zero-order valence-electron chi connectivity index (χ0n) is 17.3. The third-order valence-corrected chi connectivity index (χ3v) is 5.54. The lowest BCUT2D eigenvalue weighted by Crippen LogP contribution is -2.40. The minimum atomic E-state index is -0.927. The Kier molecular flexibility index (Phi) is 5.27. The van der Waals surface area contributed by atoms with Crippen molar-refractivity contribution in [1.29, 1.82) is 0 Å². The van der Waals surface area contributed by atoms with E-state index in [1.165, 1.54) is 6.42 Å². The maximum Gasteiger partial charge on any atom is 0.325 e. The molecule has 158 valence electrons. The fourth-order valence-corrected chi connectivity index (χ4v) is 3.86. The van der Waals surface area contributed by atoms with E-state index in [0.29, 0.717) is 5.69 Å². The number of carbonyl (C=O) groups is 3. The molecule has 0 saturated carbocycles. The Morgan fingerprint density at radius 2 is 1.90 bits per heavy atom. The van der Waals surface area contributed by atoms with E-state index in [4.69, 9.17) is 0 Å². The molecule has 0 atom stereocenters. The molecule has 4 rings (SSSR count). The number of fused-ring (bicyclic) bond motifs is 1. The van der Waals surface area contributed by atoms with E-state index in [0.717, 1.165) is 47.9 Å². The van der Waals surface area contributed by atoms with Gasteiger partial charge in [-0.2, -0.15) is 0 Å². The Morgan fingerprint density at radius 1 is 1.13 bits per heavy atom. The number of benzene rings is 1. The van der Waals surface area contributed by atoms with Crippen molar-refractivity contribution < 1.29 is 14.4 Å². The molecule has 0 unspecified atom stereocenters. The Morgan fingerprint density at radius 3 is 2.60 bits per heavy atom. The Bertz CT molecular complexity index is 979. The highest BCUT2D eigenvalue weighted by atomic mass is 16.2. The molecule has 0 spiro atoms. The molecule has 2 N–H and O–H groups in total. The smallest absolute Gasteiger partial charge is 0.325 e. The van der Waals surface area contributed by atoms with E-state index in [1.54, 1.807) is 13.8 Å². The summed E-state index contributed by atoms with van der Waals surface area (Å²) in [5, 5.41) is 14.1. The normalized spacial score (nSPS) is 18.0. The van der Waals surface area contributed by atoms with Crippen LogP contribution in [0.4, 0.5) is 10.5 Å². The molecule has 2 aromatic rings. The van der Waals surface area contributed by atoms with Gasteiger partial charge in [0.15, 0.2) is 5.82 Å². The molecule has 1 aromatic heterocycles. The van der Waals surface area contributed by atoms with Crippen molar-refractivity contribution in [3.05, 3.63) is 30.1 Å². The van der Waals surface area contributed by atoms with Crippen molar-refractivity contribution in [2.75, 3.05) is 11.9 Å². The summed E-state index contributed by atoms with van der Waals surface area (Å²) >= 11 is 0. The number of hydrogen-bond donors (Lipinski definition) is 2. The predicted octanol–water partition coefficient (Wildman–Crippen LogP) is 2.33. The van der Waals surface area contributed by atoms with Crippen molar-refractivity contribution in [2.24, 2.45) is 0 Å². The molecule has 2 aliphatic rings. The molecule has 1 saturated heterocycles. The van der Waals surface area contributed by atoms with Gasteiger partial charge in [-0.3, -0.25) is 14.5 Å². The fourth-order valence-electron chi connectivity index (χ4n) is 3.86. The highest BCUT2D eigenvalue weighted by Crippen LogP contribution is 2.24. The fraction of sp³-hybridized carbons (Fsp3) is 0.476. The molecule has 3 heterocycles. The molecular formula is C21H26N6O3. The third-order valence-electron chi connectivity index (χ3n) is 5.54. The van der Waals surface area contributed by atoms with Crippen molar-refractivity contribution >= 4 is 23.5 Å². The standard InChI is InChI=1S/C21H26N6O3/c1-21(2)19(29)27(20(30)23-21)13-11-17(28)22-15-9-7-14(8-10-15)18-25-24-16-6-4-3-5-12-26(16)18/h7-10H,3-6,11-13H2,1-2H3,(H,22,28)(H,23,30). The highest BCUT2D eigenvalue weighted by Gasteiger charge is 2.43. The van der Waals surface area contributed by atoms with E-state index in [2.05, 4.69) is 25.4 Å². The molecular weight excluding hydrogens is 384 g/mol. The summed E-state index contributed by atoms with van der Waals surface area (Å²) in [5.41, 5.74) is 0.677. The molecule has 4 amide bonds. The first kappa shape index (κ1) is 20.1. The van der Waals surface area contributed by atoms with Gasteiger partial charge in [-0.05, 0) is 51.0 Å². The van der Waals surface area contributed by atoms with Crippen LogP contribution in [0, 0.1) is 0 Å². The van der Waals surface area contributed by atoms with Crippen molar-refractivity contribution in [1.82, 2.24) is 25.0 Å². The molecule has 0 radical (unpaired) electrons. The first-order valence-corrected chi connectivity index (χ1v) is 10.3. The van der Waals surface area contributed by atoms with Crippen LogP contribution in [0.3, 0.4) is 0 Å². The summed E-state index contributed by atoms with van der Waals surface area (Å²) in [4.78, 5) is 37.4. The zero-order chi connectivity index (χ0) is 21.3. The Hall–Kier alpha value is -3.23.